The topological polar surface area (TPSA) is 66.5 Å². The molecule has 0 unspecified atom stereocenters. The Morgan fingerprint density at radius 3 is 2.32 bits per heavy atom. The Bertz CT molecular complexity index is 1530. The molecule has 0 bridgehead atoms. The maximum absolute atomic E-state index is 14.6. The van der Waals surface area contributed by atoms with Gasteiger partial charge in [0, 0.05) is 27.9 Å². The van der Waals surface area contributed by atoms with Gasteiger partial charge in [-0.25, -0.2) is 0 Å². The van der Waals surface area contributed by atoms with Crippen LogP contribution in [0.25, 0.3) is 5.57 Å². The molecular formula is C33H32N2O3. The Hall–Kier alpha value is -3.99. The van der Waals surface area contributed by atoms with Crippen LogP contribution < -0.4 is 10.2 Å². The zero-order chi connectivity index (χ0) is 27.0. The number of para-hydroxylation sites is 1. The van der Waals surface area contributed by atoms with E-state index in [0.717, 1.165) is 28.0 Å². The predicted octanol–water partition coefficient (Wildman–Crippen LogP) is 5.97. The molecule has 3 heterocycles. The van der Waals surface area contributed by atoms with Gasteiger partial charge in [-0.05, 0) is 43.2 Å². The van der Waals surface area contributed by atoms with Crippen molar-refractivity contribution in [3.05, 3.63) is 101 Å². The van der Waals surface area contributed by atoms with E-state index in [0.29, 0.717) is 11.3 Å². The SMILES string of the molecule is CC1=C[C@@H]2N(c3ccc(C)cc31)[C@H](C(=O)C(C)(C)C)[C@@H](C(=O)c1ccccc1)[C@]21C(=O)Nc2ccccc21. The number of nitrogens with one attached hydrogen (secondary N) is 1. The zero-order valence-corrected chi connectivity index (χ0v) is 22.4. The molecule has 38 heavy (non-hydrogen) atoms. The van der Waals surface area contributed by atoms with E-state index in [1.807, 2.05) is 82.3 Å². The Kier molecular flexibility index (Phi) is 5.29. The number of anilines is 2. The van der Waals surface area contributed by atoms with E-state index >= 15 is 0 Å². The zero-order valence-electron chi connectivity index (χ0n) is 22.4. The molecule has 1 fully saturated rings. The van der Waals surface area contributed by atoms with E-state index in [2.05, 4.69) is 29.3 Å². The van der Waals surface area contributed by atoms with E-state index in [-0.39, 0.29) is 17.5 Å². The number of nitrogens with zero attached hydrogens (tertiary/aromatic N) is 1. The van der Waals surface area contributed by atoms with Crippen LogP contribution in [0.4, 0.5) is 11.4 Å². The second-order valence-corrected chi connectivity index (χ2v) is 11.9. The number of Topliss-reactive ketones (excluding diaryl/α,β-unsaturated/α-hetero) is 2. The molecular weight excluding hydrogens is 472 g/mol. The molecule has 3 aromatic rings. The van der Waals surface area contributed by atoms with Gasteiger partial charge in [0.15, 0.2) is 11.6 Å². The van der Waals surface area contributed by atoms with Crippen molar-refractivity contribution in [3.8, 4) is 0 Å². The lowest BCUT2D eigenvalue weighted by Crippen LogP contribution is -2.51. The smallest absolute Gasteiger partial charge is 0.238 e. The first-order valence-corrected chi connectivity index (χ1v) is 13.2. The molecule has 5 heteroatoms. The van der Waals surface area contributed by atoms with Crippen LogP contribution in [0, 0.1) is 18.3 Å². The molecule has 5 nitrogen and oxygen atoms in total. The standard InChI is InChI=1S/C33H32N2O3/c1-19-15-16-25-22(17-19)20(2)18-26-33(23-13-9-10-14-24(23)34-31(33)38)27(29(36)21-11-7-6-8-12-21)28(35(25)26)30(37)32(3,4)5/h6-18,26-28H,1-5H3,(H,34,38)/t26-,27-,28-,33+/m0/s1. The minimum absolute atomic E-state index is 0.0506. The third-order valence-electron chi connectivity index (χ3n) is 8.48. The molecule has 3 aliphatic heterocycles. The van der Waals surface area contributed by atoms with E-state index in [1.54, 1.807) is 12.1 Å². The first kappa shape index (κ1) is 24.4. The minimum Gasteiger partial charge on any atom is -0.352 e. The molecule has 3 aliphatic rings. The number of allylic oxidation sites excluding steroid dienone is 1. The van der Waals surface area contributed by atoms with Crippen molar-refractivity contribution >= 4 is 34.4 Å². The van der Waals surface area contributed by atoms with Crippen molar-refractivity contribution in [3.63, 3.8) is 0 Å². The number of carbonyl (C=O) groups excluding carboxylic acids is 3. The largest absolute Gasteiger partial charge is 0.352 e. The fourth-order valence-electron chi connectivity index (χ4n) is 6.77. The highest BCUT2D eigenvalue weighted by atomic mass is 16.2. The van der Waals surface area contributed by atoms with Crippen molar-refractivity contribution in [2.75, 3.05) is 10.2 Å². The quantitative estimate of drug-likeness (QED) is 0.446. The summed E-state index contributed by atoms with van der Waals surface area (Å²) >= 11 is 0. The molecule has 192 valence electrons. The Morgan fingerprint density at radius 1 is 0.921 bits per heavy atom. The highest BCUT2D eigenvalue weighted by Crippen LogP contribution is 2.59. The van der Waals surface area contributed by atoms with Crippen molar-refractivity contribution in [1.82, 2.24) is 0 Å². The molecule has 0 radical (unpaired) electrons. The van der Waals surface area contributed by atoms with Gasteiger partial charge >= 0.3 is 0 Å². The van der Waals surface area contributed by atoms with Gasteiger partial charge in [-0.2, -0.15) is 0 Å². The van der Waals surface area contributed by atoms with Crippen LogP contribution in [0.1, 0.15) is 54.7 Å². The summed E-state index contributed by atoms with van der Waals surface area (Å²) in [6, 6.07) is 21.6. The Balaban J connectivity index is 1.71. The van der Waals surface area contributed by atoms with E-state index in [9.17, 15) is 14.4 Å². The monoisotopic (exact) mass is 504 g/mol. The fourth-order valence-corrected chi connectivity index (χ4v) is 6.77. The van der Waals surface area contributed by atoms with E-state index < -0.39 is 28.8 Å². The lowest BCUT2D eigenvalue weighted by Gasteiger charge is -2.40. The average Bonchev–Trinajstić information content (AvgIpc) is 3.36. The molecule has 1 amide bonds. The van der Waals surface area contributed by atoms with Crippen LogP contribution in [0.15, 0.2) is 78.9 Å². The van der Waals surface area contributed by atoms with Crippen LogP contribution in [0.3, 0.4) is 0 Å². The average molecular weight is 505 g/mol. The van der Waals surface area contributed by atoms with Gasteiger partial charge in [-0.3, -0.25) is 14.4 Å². The summed E-state index contributed by atoms with van der Waals surface area (Å²) in [6.07, 6.45) is 2.10. The second kappa shape index (κ2) is 8.26. The Morgan fingerprint density at radius 2 is 1.61 bits per heavy atom. The number of fused-ring (bicyclic) bond motifs is 6. The van der Waals surface area contributed by atoms with Crippen molar-refractivity contribution in [2.24, 2.45) is 11.3 Å². The molecule has 0 aromatic heterocycles. The first-order chi connectivity index (χ1) is 18.1. The number of ketones is 2. The van der Waals surface area contributed by atoms with Gasteiger partial charge in [0.2, 0.25) is 5.91 Å². The van der Waals surface area contributed by atoms with Crippen LogP contribution in [0.2, 0.25) is 0 Å². The second-order valence-electron chi connectivity index (χ2n) is 11.9. The highest BCUT2D eigenvalue weighted by molar-refractivity contribution is 6.17. The van der Waals surface area contributed by atoms with Crippen LogP contribution in [-0.4, -0.2) is 29.6 Å². The fraction of sp³-hybridized carbons (Fsp3) is 0.303. The summed E-state index contributed by atoms with van der Waals surface area (Å²) in [6.45, 7) is 9.77. The Labute approximate surface area is 223 Å². The maximum atomic E-state index is 14.6. The van der Waals surface area contributed by atoms with Gasteiger partial charge in [0.1, 0.15) is 11.5 Å². The molecule has 1 saturated heterocycles. The number of carbonyl (C=O) groups is 3. The van der Waals surface area contributed by atoms with E-state index in [4.69, 9.17) is 0 Å². The van der Waals surface area contributed by atoms with Gasteiger partial charge in [-0.1, -0.05) is 87.0 Å². The van der Waals surface area contributed by atoms with Crippen LogP contribution in [0.5, 0.6) is 0 Å². The predicted molar refractivity (Wildman–Crippen MR) is 150 cm³/mol. The summed E-state index contributed by atoms with van der Waals surface area (Å²) in [7, 11) is 0. The summed E-state index contributed by atoms with van der Waals surface area (Å²) in [5.74, 6) is -1.38. The third kappa shape index (κ3) is 3.20. The van der Waals surface area contributed by atoms with Crippen LogP contribution in [-0.2, 0) is 15.0 Å². The maximum Gasteiger partial charge on any atom is 0.238 e. The normalized spacial score (nSPS) is 25.4. The number of hydrogen-bond acceptors (Lipinski definition) is 4. The molecule has 4 atom stereocenters. The molecule has 0 saturated carbocycles. The van der Waals surface area contributed by atoms with E-state index in [1.165, 1.54) is 0 Å². The molecule has 0 aliphatic carbocycles. The lowest BCUT2D eigenvalue weighted by atomic mass is 9.63. The summed E-state index contributed by atoms with van der Waals surface area (Å²) in [5, 5.41) is 3.09. The van der Waals surface area contributed by atoms with Crippen LogP contribution >= 0.6 is 0 Å². The molecule has 6 rings (SSSR count). The van der Waals surface area contributed by atoms with Gasteiger partial charge in [0.25, 0.3) is 0 Å². The van der Waals surface area contributed by atoms with Crippen molar-refractivity contribution < 1.29 is 14.4 Å². The highest BCUT2D eigenvalue weighted by Gasteiger charge is 2.71. The van der Waals surface area contributed by atoms with Gasteiger partial charge < -0.3 is 10.2 Å². The lowest BCUT2D eigenvalue weighted by molar-refractivity contribution is -0.128. The summed E-state index contributed by atoms with van der Waals surface area (Å²) in [4.78, 5) is 45.5. The summed E-state index contributed by atoms with van der Waals surface area (Å²) in [5.41, 5.74) is 4.06. The molecule has 1 spiro atoms. The molecule has 1 N–H and O–H groups in total. The van der Waals surface area contributed by atoms with Gasteiger partial charge in [0.05, 0.1) is 12.0 Å². The molecule has 3 aromatic carbocycles. The van der Waals surface area contributed by atoms with Crippen molar-refractivity contribution in [2.45, 2.75) is 52.1 Å². The summed E-state index contributed by atoms with van der Waals surface area (Å²) < 4.78 is 0. The number of aryl methyl sites for hydroxylation is 1. The van der Waals surface area contributed by atoms with Gasteiger partial charge in [-0.15, -0.1) is 0 Å². The number of rotatable bonds is 3. The number of amides is 1. The third-order valence-corrected chi connectivity index (χ3v) is 8.48. The number of hydrogen-bond donors (Lipinski definition) is 1. The first-order valence-electron chi connectivity index (χ1n) is 13.2. The number of benzene rings is 3. The minimum atomic E-state index is -1.26. The van der Waals surface area contributed by atoms with Crippen molar-refractivity contribution in [1.29, 1.82) is 0 Å².